The molecule has 0 atom stereocenters. The average Bonchev–Trinajstić information content (AvgIpc) is 2.95. The summed E-state index contributed by atoms with van der Waals surface area (Å²) >= 11 is 0. The Labute approximate surface area is 206 Å². The monoisotopic (exact) mass is 477 g/mol. The molecule has 0 bridgehead atoms. The minimum absolute atomic E-state index is 0.317. The number of nitrogens with one attached hydrogen (secondary N) is 2. The molecule has 1 aliphatic heterocycles. The van der Waals surface area contributed by atoms with Crippen LogP contribution in [0.5, 0.6) is 0 Å². The highest BCUT2D eigenvalue weighted by molar-refractivity contribution is 5.90. The summed E-state index contributed by atoms with van der Waals surface area (Å²) in [6.45, 7) is 3.95. The topological polar surface area (TPSA) is 114 Å². The zero-order valence-corrected chi connectivity index (χ0v) is 19.4. The Morgan fingerprint density at radius 3 is 2.42 bits per heavy atom. The number of rotatable bonds is 5. The Balaban J connectivity index is 1.39. The van der Waals surface area contributed by atoms with E-state index in [4.69, 9.17) is 0 Å². The van der Waals surface area contributed by atoms with Gasteiger partial charge < -0.3 is 15.5 Å². The lowest BCUT2D eigenvalue weighted by molar-refractivity contribution is 0.589. The fraction of sp³-hybridized carbons (Fsp3) is 0.154. The number of fused-ring (bicyclic) bond motifs is 1. The van der Waals surface area contributed by atoms with Crippen LogP contribution in [0.2, 0.25) is 0 Å². The molecule has 5 heterocycles. The summed E-state index contributed by atoms with van der Waals surface area (Å²) in [4.78, 5) is 33.3. The molecule has 10 nitrogen and oxygen atoms in total. The van der Waals surface area contributed by atoms with Gasteiger partial charge in [0, 0.05) is 62.3 Å². The van der Waals surface area contributed by atoms with Crippen molar-refractivity contribution in [2.75, 3.05) is 36.4 Å². The molecule has 0 spiro atoms. The number of nitrogens with zero attached hydrogens (tertiary/aromatic N) is 7. The maximum atomic E-state index is 13.3. The van der Waals surface area contributed by atoms with E-state index in [9.17, 15) is 4.79 Å². The predicted molar refractivity (Wildman–Crippen MR) is 139 cm³/mol. The number of hydrogen-bond acceptors (Lipinski definition) is 9. The Bertz CT molecular complexity index is 1550. The fourth-order valence-electron chi connectivity index (χ4n) is 4.23. The number of aromatic nitrogens is 6. The Kier molecular flexibility index (Phi) is 5.76. The van der Waals surface area contributed by atoms with Gasteiger partial charge in [-0.25, -0.2) is 9.97 Å². The molecule has 10 heteroatoms. The van der Waals surface area contributed by atoms with Gasteiger partial charge in [0.25, 0.3) is 5.56 Å². The number of benzene rings is 1. The second kappa shape index (κ2) is 9.51. The van der Waals surface area contributed by atoms with E-state index < -0.39 is 0 Å². The minimum atomic E-state index is -0.317. The first-order valence-corrected chi connectivity index (χ1v) is 11.7. The summed E-state index contributed by atoms with van der Waals surface area (Å²) in [7, 11) is 0. The summed E-state index contributed by atoms with van der Waals surface area (Å²) in [5.74, 6) is 0.373. The Hall–Kier alpha value is -4.70. The molecular formula is C26H23N9O. The summed E-state index contributed by atoms with van der Waals surface area (Å²) in [5, 5.41) is 11.6. The van der Waals surface area contributed by atoms with E-state index >= 15 is 0 Å². The molecule has 178 valence electrons. The van der Waals surface area contributed by atoms with Gasteiger partial charge in [0.05, 0.1) is 16.8 Å². The molecule has 0 radical (unpaired) electrons. The fourth-order valence-corrected chi connectivity index (χ4v) is 4.23. The molecule has 0 saturated carbocycles. The predicted octanol–water partition coefficient (Wildman–Crippen LogP) is 2.79. The lowest BCUT2D eigenvalue weighted by Crippen LogP contribution is -2.43. The molecule has 1 aliphatic rings. The first-order valence-electron chi connectivity index (χ1n) is 11.7. The third kappa shape index (κ3) is 4.25. The molecule has 0 aliphatic carbocycles. The van der Waals surface area contributed by atoms with Gasteiger partial charge in [0.1, 0.15) is 11.2 Å². The average molecular weight is 478 g/mol. The van der Waals surface area contributed by atoms with Crippen molar-refractivity contribution in [1.29, 1.82) is 0 Å². The summed E-state index contributed by atoms with van der Waals surface area (Å²) in [6, 6.07) is 17.2. The van der Waals surface area contributed by atoms with Gasteiger partial charge in [-0.15, -0.1) is 0 Å². The zero-order chi connectivity index (χ0) is 24.3. The van der Waals surface area contributed by atoms with E-state index in [2.05, 4.69) is 52.7 Å². The van der Waals surface area contributed by atoms with Crippen molar-refractivity contribution in [3.63, 3.8) is 0 Å². The molecular weight excluding hydrogens is 454 g/mol. The van der Waals surface area contributed by atoms with Gasteiger partial charge in [-0.3, -0.25) is 14.8 Å². The summed E-state index contributed by atoms with van der Waals surface area (Å²) in [6.07, 6.45) is 6.45. The minimum Gasteiger partial charge on any atom is -0.369 e. The Morgan fingerprint density at radius 1 is 0.861 bits per heavy atom. The third-order valence-electron chi connectivity index (χ3n) is 6.06. The maximum absolute atomic E-state index is 13.3. The van der Waals surface area contributed by atoms with Crippen molar-refractivity contribution in [3.05, 3.63) is 89.7 Å². The zero-order valence-electron chi connectivity index (χ0n) is 19.4. The number of pyridine rings is 2. The molecule has 5 aromatic rings. The summed E-state index contributed by atoms with van der Waals surface area (Å²) in [5.41, 5.74) is 3.84. The van der Waals surface area contributed by atoms with Crippen molar-refractivity contribution >= 4 is 28.2 Å². The van der Waals surface area contributed by atoms with E-state index in [1.807, 2.05) is 30.3 Å². The van der Waals surface area contributed by atoms with E-state index in [-0.39, 0.29) is 5.56 Å². The van der Waals surface area contributed by atoms with Crippen LogP contribution in [0.3, 0.4) is 0 Å². The van der Waals surface area contributed by atoms with E-state index in [1.165, 1.54) is 16.6 Å². The highest BCUT2D eigenvalue weighted by Crippen LogP contribution is 2.25. The van der Waals surface area contributed by atoms with Gasteiger partial charge in [-0.2, -0.15) is 9.78 Å². The molecule has 36 heavy (non-hydrogen) atoms. The van der Waals surface area contributed by atoms with Crippen LogP contribution < -0.4 is 21.1 Å². The van der Waals surface area contributed by atoms with Crippen LogP contribution >= 0.6 is 0 Å². The van der Waals surface area contributed by atoms with Crippen molar-refractivity contribution in [1.82, 2.24) is 35.0 Å². The SMILES string of the molecule is O=c1c2cnc(Nc3ccc(N4CCNCC4)cc3)nc2c(-c2ccccn2)nn1-c1ccncc1. The second-order valence-electron chi connectivity index (χ2n) is 8.35. The molecule has 0 unspecified atom stereocenters. The van der Waals surface area contributed by atoms with Gasteiger partial charge >= 0.3 is 0 Å². The number of hydrogen-bond donors (Lipinski definition) is 2. The smallest absolute Gasteiger partial charge is 0.282 e. The van der Waals surface area contributed by atoms with E-state index in [0.717, 1.165) is 31.9 Å². The molecule has 1 aromatic carbocycles. The third-order valence-corrected chi connectivity index (χ3v) is 6.06. The lowest BCUT2D eigenvalue weighted by Gasteiger charge is -2.29. The van der Waals surface area contributed by atoms with Crippen LogP contribution in [0.25, 0.3) is 28.0 Å². The molecule has 0 amide bonds. The van der Waals surface area contributed by atoms with Crippen LogP contribution in [-0.2, 0) is 0 Å². The van der Waals surface area contributed by atoms with Crippen molar-refractivity contribution in [2.24, 2.45) is 0 Å². The van der Waals surface area contributed by atoms with Crippen LogP contribution in [-0.4, -0.2) is 55.9 Å². The second-order valence-corrected chi connectivity index (χ2v) is 8.35. The number of anilines is 3. The standard InChI is InChI=1S/C26H23N9O/c36-25-21-17-30-26(31-18-4-6-19(7-5-18)34-15-13-28-14-16-34)32-23(21)24(22-3-1-2-10-29-22)33-35(25)20-8-11-27-12-9-20/h1-12,17,28H,13-16H2,(H,30,31,32). The van der Waals surface area contributed by atoms with Crippen LogP contribution in [0.1, 0.15) is 0 Å². The van der Waals surface area contributed by atoms with Crippen LogP contribution in [0.15, 0.2) is 84.2 Å². The first-order chi connectivity index (χ1) is 17.8. The quantitative estimate of drug-likeness (QED) is 0.394. The maximum Gasteiger partial charge on any atom is 0.282 e. The van der Waals surface area contributed by atoms with Gasteiger partial charge in [0.2, 0.25) is 5.95 Å². The summed E-state index contributed by atoms with van der Waals surface area (Å²) < 4.78 is 1.33. The molecule has 2 N–H and O–H groups in total. The van der Waals surface area contributed by atoms with E-state index in [1.54, 1.807) is 30.7 Å². The molecule has 1 fully saturated rings. The normalized spacial score (nSPS) is 13.6. The lowest BCUT2D eigenvalue weighted by atomic mass is 10.2. The first kappa shape index (κ1) is 21.8. The van der Waals surface area contributed by atoms with Gasteiger partial charge in [0.15, 0.2) is 0 Å². The molecule has 1 saturated heterocycles. The van der Waals surface area contributed by atoms with Crippen molar-refractivity contribution in [3.8, 4) is 17.1 Å². The molecule has 4 aromatic heterocycles. The van der Waals surface area contributed by atoms with Gasteiger partial charge in [-0.1, -0.05) is 6.07 Å². The van der Waals surface area contributed by atoms with Crippen molar-refractivity contribution in [2.45, 2.75) is 0 Å². The van der Waals surface area contributed by atoms with Gasteiger partial charge in [-0.05, 0) is 48.5 Å². The highest BCUT2D eigenvalue weighted by atomic mass is 16.1. The Morgan fingerprint density at radius 2 is 1.67 bits per heavy atom. The van der Waals surface area contributed by atoms with Crippen molar-refractivity contribution < 1.29 is 0 Å². The molecule has 6 rings (SSSR count). The van der Waals surface area contributed by atoms with E-state index in [0.29, 0.717) is 33.9 Å². The number of piperazine rings is 1. The highest BCUT2D eigenvalue weighted by Gasteiger charge is 2.17. The largest absolute Gasteiger partial charge is 0.369 e. The van der Waals surface area contributed by atoms with Crippen LogP contribution in [0.4, 0.5) is 17.3 Å². The van der Waals surface area contributed by atoms with Crippen LogP contribution in [0, 0.1) is 0 Å².